The van der Waals surface area contributed by atoms with Gasteiger partial charge in [0.1, 0.15) is 17.0 Å². The fraction of sp³-hybridized carbons (Fsp3) is 0.125. The molecule has 1 aromatic carbocycles. The van der Waals surface area contributed by atoms with Crippen molar-refractivity contribution in [1.82, 2.24) is 30.5 Å². The number of benzene rings is 1. The summed E-state index contributed by atoms with van der Waals surface area (Å²) in [5.41, 5.74) is 7.55. The summed E-state index contributed by atoms with van der Waals surface area (Å²) in [5, 5.41) is 11.8. The van der Waals surface area contributed by atoms with E-state index in [-0.39, 0.29) is 5.82 Å². The summed E-state index contributed by atoms with van der Waals surface area (Å²) in [6.07, 6.45) is 6.58. The van der Waals surface area contributed by atoms with E-state index in [9.17, 15) is 4.39 Å². The summed E-state index contributed by atoms with van der Waals surface area (Å²) in [4.78, 5) is 12.6. The third-order valence-electron chi connectivity index (χ3n) is 5.77. The normalized spacial score (nSPS) is 14.3. The van der Waals surface area contributed by atoms with Gasteiger partial charge in [0.2, 0.25) is 0 Å². The van der Waals surface area contributed by atoms with E-state index in [2.05, 4.69) is 31.6 Å². The van der Waals surface area contributed by atoms with Crippen LogP contribution in [-0.4, -0.2) is 38.2 Å². The molecular weight excluding hydrogens is 391 g/mol. The summed E-state index contributed by atoms with van der Waals surface area (Å²) in [6, 6.07) is 12.8. The molecule has 0 atom stereocenters. The molecule has 0 aliphatic carbocycles. The van der Waals surface area contributed by atoms with E-state index in [0.717, 1.165) is 64.1 Å². The lowest BCUT2D eigenvalue weighted by atomic mass is 10.0. The SMILES string of the molecule is Fc1ccccc1-c1cncc2[nH]c(-c3n[nH]c4ccc(C5=CCNCC5)nc34)cc12. The Bertz CT molecular complexity index is 1460. The van der Waals surface area contributed by atoms with Crippen molar-refractivity contribution < 1.29 is 4.39 Å². The standard InChI is InChI=1S/C24H19FN6/c25-18-4-2-1-3-15(18)17-12-27-13-22-16(17)11-21(28-22)24-23-20(30-31-24)6-5-19(29-23)14-7-9-26-10-8-14/h1-7,11-13,26,28H,8-10H2,(H,30,31). The Balaban J connectivity index is 1.50. The van der Waals surface area contributed by atoms with Crippen LogP contribution in [-0.2, 0) is 0 Å². The van der Waals surface area contributed by atoms with Gasteiger partial charge < -0.3 is 10.3 Å². The number of nitrogens with zero attached hydrogens (tertiary/aromatic N) is 3. The van der Waals surface area contributed by atoms with Gasteiger partial charge in [0.25, 0.3) is 0 Å². The average molecular weight is 410 g/mol. The van der Waals surface area contributed by atoms with Crippen LogP contribution in [0.2, 0.25) is 0 Å². The highest BCUT2D eigenvalue weighted by atomic mass is 19.1. The molecule has 0 bridgehead atoms. The Morgan fingerprint density at radius 2 is 1.90 bits per heavy atom. The number of aromatic nitrogens is 5. The molecule has 5 aromatic rings. The molecular formula is C24H19FN6. The second-order valence-corrected chi connectivity index (χ2v) is 7.66. The van der Waals surface area contributed by atoms with Gasteiger partial charge in [0.15, 0.2) is 0 Å². The Labute approximate surface area is 177 Å². The predicted octanol–water partition coefficient (Wildman–Crippen LogP) is 4.68. The summed E-state index contributed by atoms with van der Waals surface area (Å²) in [5.74, 6) is -0.272. The number of pyridine rings is 2. The minimum Gasteiger partial charge on any atom is -0.352 e. The highest BCUT2D eigenvalue weighted by Crippen LogP contribution is 2.34. The lowest BCUT2D eigenvalue weighted by Gasteiger charge is -2.13. The Hall–Kier alpha value is -3.84. The molecule has 0 unspecified atom stereocenters. The number of hydrogen-bond acceptors (Lipinski definition) is 4. The Kier molecular flexibility index (Phi) is 4.14. The molecule has 4 aromatic heterocycles. The molecule has 7 heteroatoms. The number of hydrogen-bond donors (Lipinski definition) is 3. The zero-order valence-corrected chi connectivity index (χ0v) is 16.6. The molecule has 1 aliphatic heterocycles. The van der Waals surface area contributed by atoms with Gasteiger partial charge in [-0.2, -0.15) is 5.10 Å². The molecule has 0 saturated heterocycles. The van der Waals surface area contributed by atoms with E-state index >= 15 is 0 Å². The van der Waals surface area contributed by atoms with Gasteiger partial charge in [-0.25, -0.2) is 9.37 Å². The van der Waals surface area contributed by atoms with Crippen LogP contribution < -0.4 is 5.32 Å². The number of fused-ring (bicyclic) bond motifs is 2. The van der Waals surface area contributed by atoms with Crippen LogP contribution in [0.25, 0.3) is 50.0 Å². The van der Waals surface area contributed by atoms with Gasteiger partial charge in [0.05, 0.1) is 28.6 Å². The topological polar surface area (TPSA) is 82.3 Å². The maximum Gasteiger partial charge on any atom is 0.135 e. The van der Waals surface area contributed by atoms with Gasteiger partial charge in [0, 0.05) is 29.3 Å². The van der Waals surface area contributed by atoms with Crippen molar-refractivity contribution in [2.45, 2.75) is 6.42 Å². The molecule has 0 radical (unpaired) electrons. The highest BCUT2D eigenvalue weighted by molar-refractivity contribution is 6.00. The number of rotatable bonds is 3. The molecule has 3 N–H and O–H groups in total. The molecule has 6 nitrogen and oxygen atoms in total. The Morgan fingerprint density at radius 1 is 0.968 bits per heavy atom. The molecule has 0 saturated carbocycles. The van der Waals surface area contributed by atoms with Crippen molar-refractivity contribution in [2.75, 3.05) is 13.1 Å². The first kappa shape index (κ1) is 18.0. The van der Waals surface area contributed by atoms with Crippen LogP contribution in [0.1, 0.15) is 12.1 Å². The summed E-state index contributed by atoms with van der Waals surface area (Å²) >= 11 is 0. The van der Waals surface area contributed by atoms with Crippen LogP contribution in [0.5, 0.6) is 0 Å². The Morgan fingerprint density at radius 3 is 2.77 bits per heavy atom. The number of nitrogens with one attached hydrogen (secondary N) is 3. The van der Waals surface area contributed by atoms with E-state index in [4.69, 9.17) is 4.98 Å². The van der Waals surface area contributed by atoms with Gasteiger partial charge in [-0.15, -0.1) is 0 Å². The maximum absolute atomic E-state index is 14.4. The first-order valence-electron chi connectivity index (χ1n) is 10.3. The lowest BCUT2D eigenvalue weighted by molar-refractivity contribution is 0.631. The van der Waals surface area contributed by atoms with Crippen LogP contribution >= 0.6 is 0 Å². The van der Waals surface area contributed by atoms with E-state index < -0.39 is 0 Å². The zero-order chi connectivity index (χ0) is 20.8. The van der Waals surface area contributed by atoms with Gasteiger partial charge in [-0.05, 0) is 42.8 Å². The van der Waals surface area contributed by atoms with Crippen molar-refractivity contribution in [2.24, 2.45) is 0 Å². The van der Waals surface area contributed by atoms with Crippen molar-refractivity contribution in [3.05, 3.63) is 72.4 Å². The van der Waals surface area contributed by atoms with E-state index in [1.54, 1.807) is 24.5 Å². The van der Waals surface area contributed by atoms with Crippen molar-refractivity contribution in [3.63, 3.8) is 0 Å². The summed E-state index contributed by atoms with van der Waals surface area (Å²) in [7, 11) is 0. The van der Waals surface area contributed by atoms with Crippen molar-refractivity contribution in [3.8, 4) is 22.5 Å². The number of H-pyrrole nitrogens is 2. The lowest BCUT2D eigenvalue weighted by Crippen LogP contribution is -2.20. The third kappa shape index (κ3) is 3.02. The van der Waals surface area contributed by atoms with Crippen LogP contribution in [0, 0.1) is 5.82 Å². The smallest absolute Gasteiger partial charge is 0.135 e. The van der Waals surface area contributed by atoms with Gasteiger partial charge >= 0.3 is 0 Å². The molecule has 0 fully saturated rings. The van der Waals surface area contributed by atoms with Crippen molar-refractivity contribution in [1.29, 1.82) is 0 Å². The van der Waals surface area contributed by atoms with Crippen LogP contribution in [0.15, 0.2) is 60.9 Å². The average Bonchev–Trinajstić information content (AvgIpc) is 3.43. The second-order valence-electron chi connectivity index (χ2n) is 7.66. The van der Waals surface area contributed by atoms with E-state index in [0.29, 0.717) is 5.56 Å². The summed E-state index contributed by atoms with van der Waals surface area (Å²) in [6.45, 7) is 1.82. The molecule has 6 rings (SSSR count). The van der Waals surface area contributed by atoms with Crippen LogP contribution in [0.4, 0.5) is 4.39 Å². The molecule has 0 spiro atoms. The first-order chi connectivity index (χ1) is 15.3. The number of aromatic amines is 2. The van der Waals surface area contributed by atoms with Gasteiger partial charge in [-0.3, -0.25) is 10.1 Å². The minimum absolute atomic E-state index is 0.272. The minimum atomic E-state index is -0.272. The highest BCUT2D eigenvalue weighted by Gasteiger charge is 2.17. The zero-order valence-electron chi connectivity index (χ0n) is 16.6. The summed E-state index contributed by atoms with van der Waals surface area (Å²) < 4.78 is 14.4. The fourth-order valence-corrected chi connectivity index (χ4v) is 4.19. The predicted molar refractivity (Wildman–Crippen MR) is 120 cm³/mol. The van der Waals surface area contributed by atoms with Gasteiger partial charge in [-0.1, -0.05) is 24.3 Å². The maximum atomic E-state index is 14.4. The third-order valence-corrected chi connectivity index (χ3v) is 5.77. The second kappa shape index (κ2) is 7.14. The fourth-order valence-electron chi connectivity index (χ4n) is 4.19. The molecule has 152 valence electrons. The molecule has 0 amide bonds. The monoisotopic (exact) mass is 410 g/mol. The molecule has 31 heavy (non-hydrogen) atoms. The molecule has 5 heterocycles. The van der Waals surface area contributed by atoms with Crippen molar-refractivity contribution >= 4 is 27.5 Å². The van der Waals surface area contributed by atoms with E-state index in [1.807, 2.05) is 24.3 Å². The van der Waals surface area contributed by atoms with E-state index in [1.165, 1.54) is 11.6 Å². The first-order valence-corrected chi connectivity index (χ1v) is 10.3. The quantitative estimate of drug-likeness (QED) is 0.403. The molecule has 1 aliphatic rings. The largest absolute Gasteiger partial charge is 0.352 e. The number of halogens is 1. The van der Waals surface area contributed by atoms with Crippen LogP contribution in [0.3, 0.4) is 0 Å².